The number of aliphatic hydroxyl groups is 1. The summed E-state index contributed by atoms with van der Waals surface area (Å²) in [5.41, 5.74) is 1.76. The van der Waals surface area contributed by atoms with Crippen LogP contribution in [0.3, 0.4) is 0 Å². The zero-order chi connectivity index (χ0) is 17.4. The minimum atomic E-state index is -1.04. The van der Waals surface area contributed by atoms with E-state index in [0.29, 0.717) is 30.5 Å². The second-order valence-electron chi connectivity index (χ2n) is 7.82. The third-order valence-electron chi connectivity index (χ3n) is 5.99. The summed E-state index contributed by atoms with van der Waals surface area (Å²) in [6, 6.07) is 16.3. The summed E-state index contributed by atoms with van der Waals surface area (Å²) < 4.78 is 14.4. The molecule has 2 saturated heterocycles. The van der Waals surface area contributed by atoms with Crippen LogP contribution in [0.2, 0.25) is 0 Å². The van der Waals surface area contributed by atoms with Crippen LogP contribution in [0.5, 0.6) is 0 Å². The van der Waals surface area contributed by atoms with Crippen molar-refractivity contribution in [1.29, 1.82) is 0 Å². The molecular weight excluding hydrogens is 313 g/mol. The van der Waals surface area contributed by atoms with Crippen molar-refractivity contribution in [3.8, 4) is 0 Å². The van der Waals surface area contributed by atoms with Crippen molar-refractivity contribution >= 4 is 0 Å². The molecule has 2 nitrogen and oxygen atoms in total. The molecule has 132 valence electrons. The van der Waals surface area contributed by atoms with Gasteiger partial charge in [0.25, 0.3) is 0 Å². The predicted molar refractivity (Wildman–Crippen MR) is 97.7 cm³/mol. The third kappa shape index (κ3) is 3.23. The highest BCUT2D eigenvalue weighted by atomic mass is 19.1. The number of benzene rings is 2. The Morgan fingerprint density at radius 2 is 1.76 bits per heavy atom. The number of hydrogen-bond acceptors (Lipinski definition) is 2. The maximum Gasteiger partial charge on any atom is 0.129 e. The minimum absolute atomic E-state index is 0.275. The maximum absolute atomic E-state index is 14.4. The van der Waals surface area contributed by atoms with E-state index in [0.717, 1.165) is 24.9 Å². The molecule has 2 bridgehead atoms. The molecule has 0 amide bonds. The second kappa shape index (κ2) is 6.54. The molecule has 2 aromatic rings. The average Bonchev–Trinajstić information content (AvgIpc) is 2.59. The molecule has 0 aliphatic carbocycles. The molecule has 2 atom stereocenters. The topological polar surface area (TPSA) is 23.5 Å². The zero-order valence-electron chi connectivity index (χ0n) is 14.8. The number of aryl methyl sites for hydroxylation is 1. The van der Waals surface area contributed by atoms with E-state index >= 15 is 0 Å². The van der Waals surface area contributed by atoms with Gasteiger partial charge in [-0.25, -0.2) is 4.39 Å². The highest BCUT2D eigenvalue weighted by Gasteiger charge is 2.47. The quantitative estimate of drug-likeness (QED) is 0.887. The summed E-state index contributed by atoms with van der Waals surface area (Å²) in [6.45, 7) is 2.88. The van der Waals surface area contributed by atoms with Crippen molar-refractivity contribution in [3.63, 3.8) is 0 Å². The van der Waals surface area contributed by atoms with E-state index in [4.69, 9.17) is 0 Å². The van der Waals surface area contributed by atoms with Crippen molar-refractivity contribution in [2.24, 2.45) is 0 Å². The molecule has 2 fully saturated rings. The van der Waals surface area contributed by atoms with E-state index in [2.05, 4.69) is 29.2 Å². The van der Waals surface area contributed by atoms with Crippen molar-refractivity contribution in [1.82, 2.24) is 4.90 Å². The van der Waals surface area contributed by atoms with E-state index < -0.39 is 5.60 Å². The summed E-state index contributed by atoms with van der Waals surface area (Å²) in [5.74, 6) is -0.275. The predicted octanol–water partition coefficient (Wildman–Crippen LogP) is 4.54. The molecule has 0 aromatic heterocycles. The summed E-state index contributed by atoms with van der Waals surface area (Å²) >= 11 is 0. The lowest BCUT2D eigenvalue weighted by atomic mass is 9.72. The largest absolute Gasteiger partial charge is 0.385 e. The first kappa shape index (κ1) is 16.7. The molecular formula is C22H26FNO. The van der Waals surface area contributed by atoms with Gasteiger partial charge in [0.1, 0.15) is 5.82 Å². The summed E-state index contributed by atoms with van der Waals surface area (Å²) in [5, 5.41) is 11.4. The van der Waals surface area contributed by atoms with Gasteiger partial charge in [-0.15, -0.1) is 0 Å². The Morgan fingerprint density at radius 1 is 1.08 bits per heavy atom. The molecule has 4 rings (SSSR count). The first-order valence-electron chi connectivity index (χ1n) is 9.34. The normalized spacial score (nSPS) is 29.6. The zero-order valence-corrected chi connectivity index (χ0v) is 14.8. The fourth-order valence-corrected chi connectivity index (χ4v) is 4.79. The third-order valence-corrected chi connectivity index (χ3v) is 5.99. The van der Waals surface area contributed by atoms with E-state index in [1.165, 1.54) is 18.1 Å². The van der Waals surface area contributed by atoms with Crippen LogP contribution >= 0.6 is 0 Å². The fourth-order valence-electron chi connectivity index (χ4n) is 4.79. The van der Waals surface area contributed by atoms with Gasteiger partial charge in [-0.1, -0.05) is 54.4 Å². The summed E-state index contributed by atoms with van der Waals surface area (Å²) in [6.07, 6.45) is 4.61. The average molecular weight is 339 g/mol. The smallest absolute Gasteiger partial charge is 0.129 e. The van der Waals surface area contributed by atoms with Crippen LogP contribution in [0.4, 0.5) is 4.39 Å². The van der Waals surface area contributed by atoms with Crippen molar-refractivity contribution in [2.45, 2.75) is 63.3 Å². The fraction of sp³-hybridized carbons (Fsp3) is 0.455. The molecule has 2 aliphatic rings. The van der Waals surface area contributed by atoms with Crippen molar-refractivity contribution in [3.05, 3.63) is 71.0 Å². The van der Waals surface area contributed by atoms with Crippen molar-refractivity contribution in [2.75, 3.05) is 0 Å². The Labute approximate surface area is 149 Å². The number of hydrogen-bond donors (Lipinski definition) is 1. The molecule has 2 aromatic carbocycles. The van der Waals surface area contributed by atoms with Gasteiger partial charge in [-0.05, 0) is 44.2 Å². The molecule has 3 heteroatoms. The van der Waals surface area contributed by atoms with Crippen LogP contribution in [-0.4, -0.2) is 22.1 Å². The van der Waals surface area contributed by atoms with Crippen LogP contribution in [-0.2, 0) is 12.1 Å². The van der Waals surface area contributed by atoms with E-state index in [1.54, 1.807) is 6.07 Å². The highest BCUT2D eigenvalue weighted by Crippen LogP contribution is 2.45. The summed E-state index contributed by atoms with van der Waals surface area (Å²) in [4.78, 5) is 2.54. The Hall–Kier alpha value is -1.71. The molecule has 2 heterocycles. The van der Waals surface area contributed by atoms with Crippen LogP contribution < -0.4 is 0 Å². The Bertz CT molecular complexity index is 731. The van der Waals surface area contributed by atoms with E-state index in [-0.39, 0.29) is 5.82 Å². The lowest BCUT2D eigenvalue weighted by molar-refractivity contribution is -0.101. The van der Waals surface area contributed by atoms with Gasteiger partial charge in [0.05, 0.1) is 5.60 Å². The lowest BCUT2D eigenvalue weighted by Crippen LogP contribution is -2.56. The van der Waals surface area contributed by atoms with E-state index in [9.17, 15) is 9.50 Å². The number of fused-ring (bicyclic) bond motifs is 2. The van der Waals surface area contributed by atoms with Gasteiger partial charge in [-0.3, -0.25) is 4.90 Å². The standard InChI is InChI=1S/C22H26FNO/c1-16-10-11-21(23)20(12-16)22(25)13-18-8-5-9-19(14-22)24(18)15-17-6-3-2-4-7-17/h2-4,6-7,10-12,18-19,25H,5,8-9,13-15H2,1H3. The number of rotatable bonds is 3. The Balaban J connectivity index is 1.61. The first-order chi connectivity index (χ1) is 12.0. The minimum Gasteiger partial charge on any atom is -0.385 e. The van der Waals surface area contributed by atoms with Gasteiger partial charge >= 0.3 is 0 Å². The van der Waals surface area contributed by atoms with Crippen LogP contribution in [0.1, 0.15) is 48.8 Å². The molecule has 0 saturated carbocycles. The molecule has 2 aliphatic heterocycles. The number of nitrogens with zero attached hydrogens (tertiary/aromatic N) is 1. The van der Waals surface area contributed by atoms with Crippen LogP contribution in [0.15, 0.2) is 48.5 Å². The number of halogens is 1. The van der Waals surface area contributed by atoms with Gasteiger partial charge in [-0.2, -0.15) is 0 Å². The molecule has 0 spiro atoms. The van der Waals surface area contributed by atoms with Gasteiger partial charge in [0, 0.05) is 24.2 Å². The Morgan fingerprint density at radius 3 is 2.44 bits per heavy atom. The Kier molecular flexibility index (Phi) is 4.38. The maximum atomic E-state index is 14.4. The summed E-state index contributed by atoms with van der Waals surface area (Å²) in [7, 11) is 0. The highest BCUT2D eigenvalue weighted by molar-refractivity contribution is 5.31. The van der Waals surface area contributed by atoms with E-state index in [1.807, 2.05) is 19.1 Å². The molecule has 1 N–H and O–H groups in total. The van der Waals surface area contributed by atoms with Gasteiger partial charge in [0.15, 0.2) is 0 Å². The van der Waals surface area contributed by atoms with Crippen LogP contribution in [0, 0.1) is 12.7 Å². The second-order valence-corrected chi connectivity index (χ2v) is 7.82. The molecule has 2 unspecified atom stereocenters. The molecule has 25 heavy (non-hydrogen) atoms. The molecule has 0 radical (unpaired) electrons. The number of piperidine rings is 2. The SMILES string of the molecule is Cc1ccc(F)c(C2(O)CC3CCCC(C2)N3Cc2ccccc2)c1. The monoisotopic (exact) mass is 339 g/mol. The van der Waals surface area contributed by atoms with Gasteiger partial charge in [0.2, 0.25) is 0 Å². The van der Waals surface area contributed by atoms with Crippen molar-refractivity contribution < 1.29 is 9.50 Å². The first-order valence-corrected chi connectivity index (χ1v) is 9.34. The lowest BCUT2D eigenvalue weighted by Gasteiger charge is -2.52. The van der Waals surface area contributed by atoms with Crippen LogP contribution in [0.25, 0.3) is 0 Å². The van der Waals surface area contributed by atoms with Gasteiger partial charge < -0.3 is 5.11 Å².